The van der Waals surface area contributed by atoms with Gasteiger partial charge < -0.3 is 10.1 Å². The fourth-order valence-electron chi connectivity index (χ4n) is 0.544. The maximum absolute atomic E-state index is 10.3. The van der Waals surface area contributed by atoms with Crippen LogP contribution in [0.15, 0.2) is 12.4 Å². The third-order valence-electron chi connectivity index (χ3n) is 1.01. The van der Waals surface area contributed by atoms with Crippen molar-refractivity contribution in [2.45, 2.75) is 5.25 Å². The molecule has 10 heavy (non-hydrogen) atoms. The van der Waals surface area contributed by atoms with Crippen LogP contribution in [0.25, 0.3) is 0 Å². The SMILES string of the molecule is O=C(O)C(S)c1ncc[nH]1. The number of hydrogen-bond acceptors (Lipinski definition) is 3. The number of carboxylic acid groups (broad SMARTS) is 1. The van der Waals surface area contributed by atoms with Gasteiger partial charge in [0.25, 0.3) is 0 Å². The molecule has 0 saturated carbocycles. The summed E-state index contributed by atoms with van der Waals surface area (Å²) in [7, 11) is 0. The average molecular weight is 158 g/mol. The van der Waals surface area contributed by atoms with E-state index in [0.717, 1.165) is 0 Å². The Morgan fingerprint density at radius 3 is 3.00 bits per heavy atom. The van der Waals surface area contributed by atoms with Crippen molar-refractivity contribution in [1.82, 2.24) is 9.97 Å². The molecule has 0 aliphatic heterocycles. The summed E-state index contributed by atoms with van der Waals surface area (Å²) in [4.78, 5) is 16.6. The molecular formula is C5H6N2O2S. The number of rotatable bonds is 2. The van der Waals surface area contributed by atoms with Gasteiger partial charge in [-0.2, -0.15) is 12.6 Å². The van der Waals surface area contributed by atoms with Crippen LogP contribution >= 0.6 is 12.6 Å². The molecule has 0 saturated heterocycles. The van der Waals surface area contributed by atoms with Crippen LogP contribution in [0.1, 0.15) is 11.1 Å². The topological polar surface area (TPSA) is 66.0 Å². The zero-order valence-electron chi connectivity index (χ0n) is 4.98. The van der Waals surface area contributed by atoms with Gasteiger partial charge in [0.05, 0.1) is 0 Å². The number of aliphatic carboxylic acids is 1. The fourth-order valence-corrected chi connectivity index (χ4v) is 0.685. The summed E-state index contributed by atoms with van der Waals surface area (Å²) in [5, 5.41) is 7.57. The lowest BCUT2D eigenvalue weighted by atomic mass is 10.4. The lowest BCUT2D eigenvalue weighted by molar-refractivity contribution is -0.136. The summed E-state index contributed by atoms with van der Waals surface area (Å²) in [5.74, 6) is -0.644. The molecule has 4 nitrogen and oxygen atoms in total. The molecule has 1 unspecified atom stereocenters. The van der Waals surface area contributed by atoms with Crippen molar-refractivity contribution in [1.29, 1.82) is 0 Å². The van der Waals surface area contributed by atoms with Gasteiger partial charge in [0, 0.05) is 12.4 Å². The van der Waals surface area contributed by atoms with Crippen LogP contribution < -0.4 is 0 Å². The summed E-state index contributed by atoms with van der Waals surface area (Å²) in [6, 6.07) is 0. The van der Waals surface area contributed by atoms with Crippen LogP contribution in [0, 0.1) is 0 Å². The number of aromatic amines is 1. The smallest absolute Gasteiger partial charge is 0.324 e. The molecule has 0 bridgehead atoms. The van der Waals surface area contributed by atoms with Crippen molar-refractivity contribution in [2.75, 3.05) is 0 Å². The third kappa shape index (κ3) is 1.30. The lowest BCUT2D eigenvalue weighted by Crippen LogP contribution is -2.06. The van der Waals surface area contributed by atoms with E-state index in [1.165, 1.54) is 6.20 Å². The Kier molecular flexibility index (Phi) is 1.96. The molecule has 54 valence electrons. The Morgan fingerprint density at radius 1 is 1.90 bits per heavy atom. The van der Waals surface area contributed by atoms with Gasteiger partial charge in [-0.1, -0.05) is 0 Å². The molecule has 1 aromatic heterocycles. The Morgan fingerprint density at radius 2 is 2.60 bits per heavy atom. The molecule has 0 radical (unpaired) electrons. The quantitative estimate of drug-likeness (QED) is 0.548. The Balaban J connectivity index is 2.77. The Hall–Kier alpha value is -0.970. The molecule has 5 heteroatoms. The highest BCUT2D eigenvalue weighted by Crippen LogP contribution is 2.14. The van der Waals surface area contributed by atoms with Gasteiger partial charge in [-0.25, -0.2) is 4.98 Å². The van der Waals surface area contributed by atoms with E-state index in [-0.39, 0.29) is 0 Å². The van der Waals surface area contributed by atoms with Crippen molar-refractivity contribution in [3.8, 4) is 0 Å². The molecular weight excluding hydrogens is 152 g/mol. The van der Waals surface area contributed by atoms with E-state index in [0.29, 0.717) is 5.82 Å². The molecule has 0 aliphatic carbocycles. The van der Waals surface area contributed by atoms with Crippen LogP contribution in [-0.2, 0) is 4.79 Å². The summed E-state index contributed by atoms with van der Waals surface area (Å²) in [6.45, 7) is 0. The number of aromatic nitrogens is 2. The fraction of sp³-hybridized carbons (Fsp3) is 0.200. The second-order valence-electron chi connectivity index (χ2n) is 1.72. The number of nitrogens with zero attached hydrogens (tertiary/aromatic N) is 1. The monoisotopic (exact) mass is 158 g/mol. The highest BCUT2D eigenvalue weighted by Gasteiger charge is 2.15. The van der Waals surface area contributed by atoms with Gasteiger partial charge in [0.15, 0.2) is 5.25 Å². The van der Waals surface area contributed by atoms with E-state index in [2.05, 4.69) is 22.6 Å². The molecule has 1 atom stereocenters. The highest BCUT2D eigenvalue weighted by molar-refractivity contribution is 7.81. The molecule has 1 heterocycles. The maximum Gasteiger partial charge on any atom is 0.324 e. The summed E-state index contributed by atoms with van der Waals surface area (Å²) < 4.78 is 0. The normalized spacial score (nSPS) is 12.9. The predicted octanol–water partition coefficient (Wildman–Crippen LogP) is 0.465. The van der Waals surface area contributed by atoms with Crippen LogP contribution in [0.5, 0.6) is 0 Å². The van der Waals surface area contributed by atoms with Gasteiger partial charge in [0.1, 0.15) is 5.82 Å². The summed E-state index contributed by atoms with van der Waals surface area (Å²) in [5.41, 5.74) is 0. The molecule has 1 aromatic rings. The molecule has 0 spiro atoms. The van der Waals surface area contributed by atoms with Crippen LogP contribution in [0.2, 0.25) is 0 Å². The van der Waals surface area contributed by atoms with Crippen LogP contribution in [-0.4, -0.2) is 21.0 Å². The van der Waals surface area contributed by atoms with Gasteiger partial charge in [-0.05, 0) is 0 Å². The van der Waals surface area contributed by atoms with Crippen molar-refractivity contribution < 1.29 is 9.90 Å². The summed E-state index contributed by atoms with van der Waals surface area (Å²) in [6.07, 6.45) is 3.04. The van der Waals surface area contributed by atoms with E-state index in [1.54, 1.807) is 6.20 Å². The molecule has 2 N–H and O–H groups in total. The number of H-pyrrole nitrogens is 1. The van der Waals surface area contributed by atoms with E-state index >= 15 is 0 Å². The van der Waals surface area contributed by atoms with E-state index in [4.69, 9.17) is 5.11 Å². The first kappa shape index (κ1) is 7.14. The van der Waals surface area contributed by atoms with Crippen molar-refractivity contribution in [2.24, 2.45) is 0 Å². The van der Waals surface area contributed by atoms with Crippen LogP contribution in [0.3, 0.4) is 0 Å². The standard InChI is InChI=1S/C5H6N2O2S/c8-5(9)3(10)4-6-1-2-7-4/h1-3,10H,(H,6,7)(H,8,9). The predicted molar refractivity (Wildman–Crippen MR) is 38.0 cm³/mol. The minimum atomic E-state index is -1.00. The largest absolute Gasteiger partial charge is 0.480 e. The number of thiol groups is 1. The number of nitrogens with one attached hydrogen (secondary N) is 1. The van der Waals surface area contributed by atoms with E-state index < -0.39 is 11.2 Å². The highest BCUT2D eigenvalue weighted by atomic mass is 32.1. The Bertz CT molecular complexity index is 222. The molecule has 0 fully saturated rings. The first-order chi connectivity index (χ1) is 4.72. The van der Waals surface area contributed by atoms with Crippen molar-refractivity contribution in [3.63, 3.8) is 0 Å². The molecule has 0 amide bonds. The first-order valence-corrected chi connectivity index (χ1v) is 3.13. The maximum atomic E-state index is 10.3. The summed E-state index contributed by atoms with van der Waals surface area (Å²) >= 11 is 3.79. The van der Waals surface area contributed by atoms with Gasteiger partial charge in [0.2, 0.25) is 0 Å². The van der Waals surface area contributed by atoms with Gasteiger partial charge >= 0.3 is 5.97 Å². The Labute approximate surface area is 62.7 Å². The average Bonchev–Trinajstić information content (AvgIpc) is 2.36. The second kappa shape index (κ2) is 2.74. The second-order valence-corrected chi connectivity index (χ2v) is 2.23. The van der Waals surface area contributed by atoms with Gasteiger partial charge in [-0.15, -0.1) is 0 Å². The molecule has 1 rings (SSSR count). The molecule has 0 aliphatic rings. The third-order valence-corrected chi connectivity index (χ3v) is 1.48. The van der Waals surface area contributed by atoms with E-state index in [9.17, 15) is 4.79 Å². The number of hydrogen-bond donors (Lipinski definition) is 3. The van der Waals surface area contributed by atoms with Crippen molar-refractivity contribution in [3.05, 3.63) is 18.2 Å². The lowest BCUT2D eigenvalue weighted by Gasteiger charge is -1.98. The number of carboxylic acids is 1. The zero-order valence-corrected chi connectivity index (χ0v) is 5.88. The van der Waals surface area contributed by atoms with Crippen LogP contribution in [0.4, 0.5) is 0 Å². The number of carbonyl (C=O) groups is 1. The first-order valence-electron chi connectivity index (χ1n) is 2.62. The van der Waals surface area contributed by atoms with Crippen molar-refractivity contribution >= 4 is 18.6 Å². The van der Waals surface area contributed by atoms with Gasteiger partial charge in [-0.3, -0.25) is 4.79 Å². The number of imidazole rings is 1. The molecule has 0 aromatic carbocycles. The minimum absolute atomic E-state index is 0.357. The van der Waals surface area contributed by atoms with E-state index in [1.807, 2.05) is 0 Å². The zero-order chi connectivity index (χ0) is 7.56. The minimum Gasteiger partial charge on any atom is -0.480 e.